The van der Waals surface area contributed by atoms with Crippen LogP contribution in [0.3, 0.4) is 0 Å². The van der Waals surface area contributed by atoms with Crippen LogP contribution >= 0.6 is 43.2 Å². The molecule has 164 valence electrons. The van der Waals surface area contributed by atoms with Crippen LogP contribution in [0.2, 0.25) is 0 Å². The minimum absolute atomic E-state index is 0.123. The Morgan fingerprint density at radius 2 is 1.94 bits per heavy atom. The molecule has 6 nitrogen and oxygen atoms in total. The van der Waals surface area contributed by atoms with Gasteiger partial charge < -0.3 is 14.1 Å². The van der Waals surface area contributed by atoms with Crippen molar-refractivity contribution in [3.63, 3.8) is 0 Å². The van der Waals surface area contributed by atoms with Gasteiger partial charge in [-0.05, 0) is 48.9 Å². The average molecular weight is 577 g/mol. The Labute approximate surface area is 204 Å². The molecule has 0 amide bonds. The number of unbranched alkanes of at least 4 members (excludes halogenated alkanes) is 1. The van der Waals surface area contributed by atoms with Crippen molar-refractivity contribution in [2.24, 2.45) is 10.2 Å². The number of thiazole rings is 1. The SMILES string of the molecule is CCCCn1c(-c2cc3cc(Br)ccc3oc2=O)cs/c1=N\N=C\c1cc(Br)ccc1O. The van der Waals surface area contributed by atoms with E-state index in [1.165, 1.54) is 17.6 Å². The molecule has 0 aliphatic rings. The predicted molar refractivity (Wildman–Crippen MR) is 135 cm³/mol. The molecule has 0 radical (unpaired) electrons. The van der Waals surface area contributed by atoms with Gasteiger partial charge in [-0.3, -0.25) is 0 Å². The number of benzene rings is 2. The van der Waals surface area contributed by atoms with Crippen molar-refractivity contribution in [1.82, 2.24) is 4.57 Å². The predicted octanol–water partition coefficient (Wildman–Crippen LogP) is 6.29. The maximum atomic E-state index is 12.7. The van der Waals surface area contributed by atoms with E-state index in [0.717, 1.165) is 32.9 Å². The van der Waals surface area contributed by atoms with Crippen molar-refractivity contribution in [3.8, 4) is 17.0 Å². The average Bonchev–Trinajstić information content (AvgIpc) is 3.16. The molecule has 0 spiro atoms. The van der Waals surface area contributed by atoms with Gasteiger partial charge >= 0.3 is 5.63 Å². The van der Waals surface area contributed by atoms with E-state index in [2.05, 4.69) is 49.0 Å². The van der Waals surface area contributed by atoms with Gasteiger partial charge in [0.1, 0.15) is 11.3 Å². The molecule has 2 aromatic heterocycles. The number of hydrogen-bond acceptors (Lipinski definition) is 6. The Balaban J connectivity index is 1.79. The fourth-order valence-electron chi connectivity index (χ4n) is 3.20. The van der Waals surface area contributed by atoms with Crippen LogP contribution in [0.4, 0.5) is 0 Å². The molecule has 9 heteroatoms. The number of phenols is 1. The van der Waals surface area contributed by atoms with Crippen LogP contribution in [0, 0.1) is 0 Å². The van der Waals surface area contributed by atoms with Gasteiger partial charge in [0.15, 0.2) is 0 Å². The summed E-state index contributed by atoms with van der Waals surface area (Å²) in [5.41, 5.74) is 1.94. The molecule has 4 aromatic rings. The van der Waals surface area contributed by atoms with Crippen molar-refractivity contribution < 1.29 is 9.52 Å². The Bertz CT molecular complexity index is 1440. The first-order valence-corrected chi connectivity index (χ1v) is 12.4. The van der Waals surface area contributed by atoms with E-state index in [9.17, 15) is 9.90 Å². The van der Waals surface area contributed by atoms with E-state index in [-0.39, 0.29) is 5.75 Å². The summed E-state index contributed by atoms with van der Waals surface area (Å²) in [5.74, 6) is 0.123. The first-order chi connectivity index (χ1) is 15.5. The summed E-state index contributed by atoms with van der Waals surface area (Å²) in [4.78, 5) is 13.4. The molecule has 0 saturated carbocycles. The lowest BCUT2D eigenvalue weighted by atomic mass is 10.1. The molecule has 0 bridgehead atoms. The molecule has 0 saturated heterocycles. The third-order valence-corrected chi connectivity index (χ3v) is 6.67. The number of halogens is 2. The van der Waals surface area contributed by atoms with Gasteiger partial charge in [0.25, 0.3) is 0 Å². The highest BCUT2D eigenvalue weighted by atomic mass is 79.9. The monoisotopic (exact) mass is 575 g/mol. The second-order valence-electron chi connectivity index (χ2n) is 7.09. The number of aromatic nitrogens is 1. The zero-order valence-electron chi connectivity index (χ0n) is 17.1. The van der Waals surface area contributed by atoms with Gasteiger partial charge in [0.05, 0.1) is 17.5 Å². The third kappa shape index (κ3) is 4.95. The minimum Gasteiger partial charge on any atom is -0.507 e. The standard InChI is InChI=1S/C23H19Br2N3O3S/c1-2-3-8-28-19(18-11-14-9-17(25)5-7-21(14)31-22(18)30)13-32-23(28)27-26-12-15-10-16(24)4-6-20(15)29/h4-7,9-13,29H,2-3,8H2,1H3/b26-12+,27-23-. The summed E-state index contributed by atoms with van der Waals surface area (Å²) < 4.78 is 9.29. The van der Waals surface area contributed by atoms with E-state index in [0.29, 0.717) is 28.1 Å². The van der Waals surface area contributed by atoms with Gasteiger partial charge in [0, 0.05) is 31.8 Å². The van der Waals surface area contributed by atoms with Crippen LogP contribution in [0.5, 0.6) is 5.75 Å². The van der Waals surface area contributed by atoms with Gasteiger partial charge in [-0.15, -0.1) is 16.4 Å². The van der Waals surface area contributed by atoms with Crippen LogP contribution in [0.25, 0.3) is 22.2 Å². The number of nitrogens with zero attached hydrogens (tertiary/aromatic N) is 3. The molecule has 0 atom stereocenters. The first kappa shape index (κ1) is 22.7. The molecule has 4 rings (SSSR count). The summed E-state index contributed by atoms with van der Waals surface area (Å²) in [6.45, 7) is 2.81. The van der Waals surface area contributed by atoms with Gasteiger partial charge in [0.2, 0.25) is 4.80 Å². The van der Waals surface area contributed by atoms with Gasteiger partial charge in [-0.25, -0.2) is 4.79 Å². The van der Waals surface area contributed by atoms with Crippen LogP contribution in [-0.4, -0.2) is 15.9 Å². The van der Waals surface area contributed by atoms with Crippen LogP contribution in [0.1, 0.15) is 25.3 Å². The smallest absolute Gasteiger partial charge is 0.345 e. The zero-order chi connectivity index (χ0) is 22.7. The van der Waals surface area contributed by atoms with Gasteiger partial charge in [-0.1, -0.05) is 45.2 Å². The quantitative estimate of drug-likeness (QED) is 0.166. The fourth-order valence-corrected chi connectivity index (χ4v) is 4.84. The summed E-state index contributed by atoms with van der Waals surface area (Å²) in [6, 6.07) is 12.5. The highest BCUT2D eigenvalue weighted by molar-refractivity contribution is 9.10. The van der Waals surface area contributed by atoms with E-state index in [1.54, 1.807) is 24.3 Å². The van der Waals surface area contributed by atoms with Crippen LogP contribution in [0.15, 0.2) is 76.2 Å². The third-order valence-electron chi connectivity index (χ3n) is 4.83. The lowest BCUT2D eigenvalue weighted by molar-refractivity contribution is 0.474. The molecule has 1 N–H and O–H groups in total. The largest absolute Gasteiger partial charge is 0.507 e. The molecule has 0 aliphatic carbocycles. The Kier molecular flexibility index (Phi) is 7.07. The summed E-state index contributed by atoms with van der Waals surface area (Å²) >= 11 is 8.25. The lowest BCUT2D eigenvalue weighted by Crippen LogP contribution is -2.17. The fraction of sp³-hybridized carbons (Fsp3) is 0.174. The highest BCUT2D eigenvalue weighted by Crippen LogP contribution is 2.25. The molecule has 0 unspecified atom stereocenters. The maximum absolute atomic E-state index is 12.7. The molecule has 2 heterocycles. The van der Waals surface area contributed by atoms with Crippen molar-refractivity contribution in [2.45, 2.75) is 26.3 Å². The van der Waals surface area contributed by atoms with Crippen molar-refractivity contribution in [3.05, 3.63) is 77.6 Å². The minimum atomic E-state index is -0.392. The zero-order valence-corrected chi connectivity index (χ0v) is 21.1. The van der Waals surface area contributed by atoms with Crippen molar-refractivity contribution >= 4 is 60.4 Å². The van der Waals surface area contributed by atoms with Crippen molar-refractivity contribution in [2.75, 3.05) is 0 Å². The van der Waals surface area contributed by atoms with E-state index >= 15 is 0 Å². The van der Waals surface area contributed by atoms with E-state index in [1.807, 2.05) is 28.1 Å². The molecule has 0 aliphatic heterocycles. The van der Waals surface area contributed by atoms with Crippen LogP contribution < -0.4 is 10.4 Å². The molecule has 32 heavy (non-hydrogen) atoms. The number of phenolic OH excluding ortho intramolecular Hbond substituents is 1. The van der Waals surface area contributed by atoms with E-state index in [4.69, 9.17) is 4.42 Å². The van der Waals surface area contributed by atoms with Crippen molar-refractivity contribution in [1.29, 1.82) is 0 Å². The molecular formula is C23H19Br2N3O3S. The molecular weight excluding hydrogens is 558 g/mol. The highest BCUT2D eigenvalue weighted by Gasteiger charge is 2.14. The Morgan fingerprint density at radius 1 is 1.16 bits per heavy atom. The first-order valence-electron chi connectivity index (χ1n) is 9.94. The van der Waals surface area contributed by atoms with E-state index < -0.39 is 5.63 Å². The lowest BCUT2D eigenvalue weighted by Gasteiger charge is -2.08. The normalized spacial score (nSPS) is 12.3. The van der Waals surface area contributed by atoms with Crippen LogP contribution in [-0.2, 0) is 6.54 Å². The second kappa shape index (κ2) is 9.97. The Hall–Kier alpha value is -2.49. The second-order valence-corrected chi connectivity index (χ2v) is 9.75. The summed E-state index contributed by atoms with van der Waals surface area (Å²) in [5, 5.41) is 21.3. The topological polar surface area (TPSA) is 80.1 Å². The summed E-state index contributed by atoms with van der Waals surface area (Å²) in [6.07, 6.45) is 3.43. The number of fused-ring (bicyclic) bond motifs is 1. The maximum Gasteiger partial charge on any atom is 0.345 e. The van der Waals surface area contributed by atoms with Gasteiger partial charge in [-0.2, -0.15) is 5.10 Å². The number of rotatable bonds is 6. The summed E-state index contributed by atoms with van der Waals surface area (Å²) in [7, 11) is 0. The Morgan fingerprint density at radius 3 is 2.75 bits per heavy atom. The number of hydrogen-bond donors (Lipinski definition) is 1. The molecule has 2 aromatic carbocycles. The molecule has 0 fully saturated rings. The number of aromatic hydroxyl groups is 1.